The second kappa shape index (κ2) is 4.86. The molecule has 0 saturated carbocycles. The van der Waals surface area contributed by atoms with E-state index in [-0.39, 0.29) is 22.9 Å². The van der Waals surface area contributed by atoms with Gasteiger partial charge in [0, 0.05) is 6.04 Å². The highest BCUT2D eigenvalue weighted by Crippen LogP contribution is 2.24. The summed E-state index contributed by atoms with van der Waals surface area (Å²) in [6.45, 7) is 9.72. The molecule has 0 aromatic heterocycles. The summed E-state index contributed by atoms with van der Waals surface area (Å²) in [7, 11) is 0. The summed E-state index contributed by atoms with van der Waals surface area (Å²) >= 11 is 0. The zero-order valence-electron chi connectivity index (χ0n) is 11.1. The van der Waals surface area contributed by atoms with E-state index in [0.717, 1.165) is 5.56 Å². The predicted octanol–water partition coefficient (Wildman–Crippen LogP) is 3.26. The Balaban J connectivity index is 3.02. The van der Waals surface area contributed by atoms with E-state index in [1.54, 1.807) is 12.1 Å². The first-order valence-electron chi connectivity index (χ1n) is 5.82. The van der Waals surface area contributed by atoms with Crippen LogP contribution in [0.15, 0.2) is 18.2 Å². The number of amides is 1. The first-order chi connectivity index (χ1) is 7.71. The number of carbonyl (C=O) groups excluding carboxylic acids is 1. The number of carbonyl (C=O) groups is 1. The first-order valence-corrected chi connectivity index (χ1v) is 5.82. The lowest BCUT2D eigenvalue weighted by Gasteiger charge is -2.19. The molecule has 1 aromatic carbocycles. The molecule has 0 fully saturated rings. The van der Waals surface area contributed by atoms with Crippen LogP contribution in [0.25, 0.3) is 0 Å². The summed E-state index contributed by atoms with van der Waals surface area (Å²) in [5, 5.41) is 2.68. The molecule has 3 heteroatoms. The summed E-state index contributed by atoms with van der Waals surface area (Å²) in [5.74, 6) is -0.825. The summed E-state index contributed by atoms with van der Waals surface area (Å²) < 4.78 is 13.8. The average Bonchev–Trinajstić information content (AvgIpc) is 2.14. The molecular formula is C14H20FNO. The number of benzene rings is 1. The van der Waals surface area contributed by atoms with Crippen molar-refractivity contribution in [3.63, 3.8) is 0 Å². The monoisotopic (exact) mass is 237 g/mol. The molecule has 0 spiro atoms. The summed E-state index contributed by atoms with van der Waals surface area (Å²) in [6.07, 6.45) is 0. The zero-order valence-corrected chi connectivity index (χ0v) is 11.1. The van der Waals surface area contributed by atoms with Gasteiger partial charge in [0.25, 0.3) is 5.91 Å². The maximum Gasteiger partial charge on any atom is 0.254 e. The Morgan fingerprint density at radius 3 is 2.29 bits per heavy atom. The minimum Gasteiger partial charge on any atom is -0.350 e. The number of halogens is 1. The van der Waals surface area contributed by atoms with Crippen LogP contribution >= 0.6 is 0 Å². The maximum absolute atomic E-state index is 13.8. The highest BCUT2D eigenvalue weighted by atomic mass is 19.1. The highest BCUT2D eigenvalue weighted by Gasteiger charge is 2.18. The Hall–Kier alpha value is -1.38. The van der Waals surface area contributed by atoms with Crippen LogP contribution in [0.2, 0.25) is 0 Å². The van der Waals surface area contributed by atoms with Gasteiger partial charge >= 0.3 is 0 Å². The molecule has 1 rings (SSSR count). The largest absolute Gasteiger partial charge is 0.350 e. The van der Waals surface area contributed by atoms with Gasteiger partial charge in [-0.1, -0.05) is 26.8 Å². The molecule has 0 aliphatic rings. The molecule has 17 heavy (non-hydrogen) atoms. The minimum atomic E-state index is -0.462. The zero-order chi connectivity index (χ0) is 13.2. The maximum atomic E-state index is 13.8. The van der Waals surface area contributed by atoms with Crippen LogP contribution in [0, 0.1) is 5.82 Å². The van der Waals surface area contributed by atoms with Crippen molar-refractivity contribution in [2.24, 2.45) is 0 Å². The van der Waals surface area contributed by atoms with Crippen LogP contribution in [-0.4, -0.2) is 11.9 Å². The molecule has 0 atom stereocenters. The highest BCUT2D eigenvalue weighted by molar-refractivity contribution is 5.94. The number of hydrogen-bond acceptors (Lipinski definition) is 1. The molecule has 0 unspecified atom stereocenters. The molecule has 0 radical (unpaired) electrons. The lowest BCUT2D eigenvalue weighted by atomic mass is 9.86. The van der Waals surface area contributed by atoms with Gasteiger partial charge in [0.1, 0.15) is 5.82 Å². The van der Waals surface area contributed by atoms with Crippen molar-refractivity contribution in [3.8, 4) is 0 Å². The van der Waals surface area contributed by atoms with Crippen LogP contribution in [0.5, 0.6) is 0 Å². The van der Waals surface area contributed by atoms with Crippen LogP contribution in [0.4, 0.5) is 4.39 Å². The Morgan fingerprint density at radius 2 is 1.88 bits per heavy atom. The second-order valence-electron chi connectivity index (χ2n) is 5.57. The first kappa shape index (κ1) is 13.7. The van der Waals surface area contributed by atoms with E-state index in [2.05, 4.69) is 5.32 Å². The van der Waals surface area contributed by atoms with Gasteiger partial charge in [-0.2, -0.15) is 0 Å². The van der Waals surface area contributed by atoms with Crippen molar-refractivity contribution in [2.75, 3.05) is 0 Å². The smallest absolute Gasteiger partial charge is 0.254 e. The molecule has 94 valence electrons. The number of rotatable bonds is 2. The van der Waals surface area contributed by atoms with E-state index in [1.807, 2.05) is 34.6 Å². The Labute approximate surface area is 102 Å². The van der Waals surface area contributed by atoms with Crippen LogP contribution in [-0.2, 0) is 5.41 Å². The summed E-state index contributed by atoms with van der Waals surface area (Å²) in [6, 6.07) is 4.80. The van der Waals surface area contributed by atoms with E-state index in [0.29, 0.717) is 0 Å². The van der Waals surface area contributed by atoms with E-state index in [1.165, 1.54) is 6.07 Å². The SMILES string of the molecule is CC(C)NC(=O)c1ccc(C(C)(C)C)cc1F. The topological polar surface area (TPSA) is 29.1 Å². The molecule has 0 bridgehead atoms. The lowest BCUT2D eigenvalue weighted by molar-refractivity contribution is 0.0939. The lowest BCUT2D eigenvalue weighted by Crippen LogP contribution is -2.30. The van der Waals surface area contributed by atoms with Crippen molar-refractivity contribution in [1.82, 2.24) is 5.32 Å². The fraction of sp³-hybridized carbons (Fsp3) is 0.500. The standard InChI is InChI=1S/C14H20FNO/c1-9(2)16-13(17)11-7-6-10(8-12(11)15)14(3,4)5/h6-9H,1-5H3,(H,16,17). The third kappa shape index (κ3) is 3.55. The third-order valence-corrected chi connectivity index (χ3v) is 2.50. The van der Waals surface area contributed by atoms with Gasteiger partial charge in [0.15, 0.2) is 0 Å². The molecule has 0 aliphatic carbocycles. The van der Waals surface area contributed by atoms with E-state index in [9.17, 15) is 9.18 Å². The summed E-state index contributed by atoms with van der Waals surface area (Å²) in [4.78, 5) is 11.7. The number of hydrogen-bond donors (Lipinski definition) is 1. The molecule has 1 aromatic rings. The quantitative estimate of drug-likeness (QED) is 0.840. The molecule has 0 heterocycles. The number of nitrogens with one attached hydrogen (secondary N) is 1. The second-order valence-corrected chi connectivity index (χ2v) is 5.57. The third-order valence-electron chi connectivity index (χ3n) is 2.50. The van der Waals surface area contributed by atoms with E-state index in [4.69, 9.17) is 0 Å². The van der Waals surface area contributed by atoms with Crippen LogP contribution in [0.3, 0.4) is 0 Å². The molecule has 0 saturated heterocycles. The van der Waals surface area contributed by atoms with Gasteiger partial charge in [-0.3, -0.25) is 4.79 Å². The van der Waals surface area contributed by atoms with E-state index < -0.39 is 5.82 Å². The van der Waals surface area contributed by atoms with Crippen LogP contribution in [0.1, 0.15) is 50.5 Å². The van der Waals surface area contributed by atoms with Gasteiger partial charge in [0.2, 0.25) is 0 Å². The molecule has 2 nitrogen and oxygen atoms in total. The predicted molar refractivity (Wildman–Crippen MR) is 67.7 cm³/mol. The Morgan fingerprint density at radius 1 is 1.29 bits per heavy atom. The minimum absolute atomic E-state index is 0.00388. The Bertz CT molecular complexity index is 419. The van der Waals surface area contributed by atoms with Crippen molar-refractivity contribution in [3.05, 3.63) is 35.1 Å². The van der Waals surface area contributed by atoms with Crippen molar-refractivity contribution >= 4 is 5.91 Å². The molecule has 0 aliphatic heterocycles. The van der Waals surface area contributed by atoms with Crippen molar-refractivity contribution in [1.29, 1.82) is 0 Å². The van der Waals surface area contributed by atoms with Gasteiger partial charge in [-0.05, 0) is 37.0 Å². The van der Waals surface area contributed by atoms with Gasteiger partial charge in [-0.25, -0.2) is 4.39 Å². The van der Waals surface area contributed by atoms with Crippen LogP contribution < -0.4 is 5.32 Å². The Kier molecular flexibility index (Phi) is 3.91. The van der Waals surface area contributed by atoms with Gasteiger partial charge in [0.05, 0.1) is 5.56 Å². The molecular weight excluding hydrogens is 217 g/mol. The molecule has 1 amide bonds. The van der Waals surface area contributed by atoms with Gasteiger partial charge < -0.3 is 5.32 Å². The van der Waals surface area contributed by atoms with Gasteiger partial charge in [-0.15, -0.1) is 0 Å². The molecule has 1 N–H and O–H groups in total. The average molecular weight is 237 g/mol. The van der Waals surface area contributed by atoms with Crippen molar-refractivity contribution in [2.45, 2.75) is 46.1 Å². The summed E-state index contributed by atoms with van der Waals surface area (Å²) in [5.41, 5.74) is 0.872. The fourth-order valence-corrected chi connectivity index (χ4v) is 1.51. The van der Waals surface area contributed by atoms with E-state index >= 15 is 0 Å². The van der Waals surface area contributed by atoms with Crippen molar-refractivity contribution < 1.29 is 9.18 Å². The normalized spacial score (nSPS) is 11.7. The fourth-order valence-electron chi connectivity index (χ4n) is 1.51.